The summed E-state index contributed by atoms with van der Waals surface area (Å²) in [5.74, 6) is -0.0736. The van der Waals surface area contributed by atoms with Gasteiger partial charge in [-0.25, -0.2) is 9.80 Å². The number of hydrazine groups is 1. The van der Waals surface area contributed by atoms with E-state index in [4.69, 9.17) is 4.74 Å². The Morgan fingerprint density at radius 2 is 2.46 bits per heavy atom. The summed E-state index contributed by atoms with van der Waals surface area (Å²) >= 11 is 0. The molecule has 0 radical (unpaired) electrons. The van der Waals surface area contributed by atoms with Crippen LogP contribution in [-0.2, 0) is 9.53 Å². The van der Waals surface area contributed by atoms with E-state index in [-0.39, 0.29) is 12.5 Å². The van der Waals surface area contributed by atoms with Crippen LogP contribution < -0.4 is 0 Å². The summed E-state index contributed by atoms with van der Waals surface area (Å²) in [4.78, 5) is 22.2. The minimum atomic E-state index is -0.506. The summed E-state index contributed by atoms with van der Waals surface area (Å²) in [5.41, 5.74) is 0. The first-order chi connectivity index (χ1) is 6.16. The molecule has 0 atom stereocenters. The van der Waals surface area contributed by atoms with Crippen molar-refractivity contribution in [2.45, 2.75) is 6.42 Å². The molecule has 1 aliphatic rings. The molecular weight excluding hydrogens is 172 g/mol. The Balaban J connectivity index is 2.48. The van der Waals surface area contributed by atoms with Crippen molar-refractivity contribution >= 4 is 12.0 Å². The van der Waals surface area contributed by atoms with Gasteiger partial charge in [0.05, 0.1) is 6.54 Å². The topological polar surface area (TPSA) is 49.9 Å². The Morgan fingerprint density at radius 1 is 1.77 bits per heavy atom. The van der Waals surface area contributed by atoms with Crippen molar-refractivity contribution in [1.29, 1.82) is 0 Å². The molecule has 0 unspecified atom stereocenters. The van der Waals surface area contributed by atoms with Crippen molar-refractivity contribution in [2.24, 2.45) is 0 Å². The smallest absolute Gasteiger partial charge is 0.429 e. The van der Waals surface area contributed by atoms with Crippen molar-refractivity contribution in [2.75, 3.05) is 20.2 Å². The standard InChI is InChI=1S/C8H12N2O3/c1-3-6-13-8(12)10-5-4-7(11)9(10)2/h3H,1,4-6H2,2H3. The lowest BCUT2D eigenvalue weighted by atomic mass is 10.4. The summed E-state index contributed by atoms with van der Waals surface area (Å²) in [6.45, 7) is 3.98. The molecule has 0 aromatic rings. The summed E-state index contributed by atoms with van der Waals surface area (Å²) in [5, 5.41) is 2.54. The zero-order valence-corrected chi connectivity index (χ0v) is 7.52. The molecular formula is C8H12N2O3. The van der Waals surface area contributed by atoms with Crippen LogP contribution in [0.3, 0.4) is 0 Å². The summed E-state index contributed by atoms with van der Waals surface area (Å²) < 4.78 is 4.77. The van der Waals surface area contributed by atoms with Gasteiger partial charge in [0.1, 0.15) is 6.61 Å². The van der Waals surface area contributed by atoms with Crippen LogP contribution in [-0.4, -0.2) is 42.2 Å². The number of hydrogen-bond donors (Lipinski definition) is 0. The molecule has 0 aromatic heterocycles. The number of rotatable bonds is 2. The Labute approximate surface area is 76.5 Å². The number of amides is 2. The monoisotopic (exact) mass is 184 g/mol. The average Bonchev–Trinajstić information content (AvgIpc) is 2.44. The van der Waals surface area contributed by atoms with Gasteiger partial charge in [-0.1, -0.05) is 12.7 Å². The normalized spacial score (nSPS) is 16.2. The summed E-state index contributed by atoms with van der Waals surface area (Å²) in [6.07, 6.45) is 1.34. The van der Waals surface area contributed by atoms with Crippen molar-refractivity contribution in [1.82, 2.24) is 10.0 Å². The zero-order valence-electron chi connectivity index (χ0n) is 7.52. The second-order valence-electron chi connectivity index (χ2n) is 2.66. The van der Waals surface area contributed by atoms with E-state index in [0.29, 0.717) is 13.0 Å². The maximum atomic E-state index is 11.2. The molecule has 1 heterocycles. The van der Waals surface area contributed by atoms with Gasteiger partial charge in [0.15, 0.2) is 0 Å². The first-order valence-corrected chi connectivity index (χ1v) is 3.98. The maximum absolute atomic E-state index is 11.2. The molecule has 2 amide bonds. The van der Waals surface area contributed by atoms with Gasteiger partial charge in [0.25, 0.3) is 0 Å². The Hall–Kier alpha value is -1.52. The highest BCUT2D eigenvalue weighted by Crippen LogP contribution is 2.10. The lowest BCUT2D eigenvalue weighted by Crippen LogP contribution is -2.40. The summed E-state index contributed by atoms with van der Waals surface area (Å²) in [6, 6.07) is 0. The molecule has 1 fully saturated rings. The Bertz CT molecular complexity index is 240. The van der Waals surface area contributed by atoms with E-state index in [1.165, 1.54) is 16.1 Å². The van der Waals surface area contributed by atoms with Gasteiger partial charge in [-0.15, -0.1) is 0 Å². The lowest BCUT2D eigenvalue weighted by molar-refractivity contribution is -0.133. The van der Waals surface area contributed by atoms with Crippen molar-refractivity contribution < 1.29 is 14.3 Å². The molecule has 1 saturated heterocycles. The Morgan fingerprint density at radius 3 is 2.92 bits per heavy atom. The first-order valence-electron chi connectivity index (χ1n) is 3.98. The molecule has 0 N–H and O–H groups in total. The van der Waals surface area contributed by atoms with Crippen LogP contribution in [0.1, 0.15) is 6.42 Å². The predicted molar refractivity (Wildman–Crippen MR) is 45.6 cm³/mol. The van der Waals surface area contributed by atoms with Gasteiger partial charge in [0, 0.05) is 13.5 Å². The van der Waals surface area contributed by atoms with Crippen LogP contribution in [0.15, 0.2) is 12.7 Å². The molecule has 13 heavy (non-hydrogen) atoms. The van der Waals surface area contributed by atoms with Gasteiger partial charge >= 0.3 is 6.09 Å². The molecule has 0 spiro atoms. The van der Waals surface area contributed by atoms with Gasteiger partial charge in [-0.3, -0.25) is 9.80 Å². The highest BCUT2D eigenvalue weighted by Gasteiger charge is 2.30. The minimum Gasteiger partial charge on any atom is -0.444 e. The second kappa shape index (κ2) is 3.93. The SMILES string of the molecule is C=CCOC(=O)N1CCC(=O)N1C. The van der Waals surface area contributed by atoms with Crippen LogP contribution >= 0.6 is 0 Å². The maximum Gasteiger partial charge on any atom is 0.429 e. The highest BCUT2D eigenvalue weighted by molar-refractivity contribution is 5.82. The minimum absolute atomic E-state index is 0.0736. The number of hydrogen-bond acceptors (Lipinski definition) is 3. The third-order valence-electron chi connectivity index (χ3n) is 1.80. The largest absolute Gasteiger partial charge is 0.444 e. The number of carbonyl (C=O) groups excluding carboxylic acids is 2. The summed E-state index contributed by atoms with van der Waals surface area (Å²) in [7, 11) is 1.55. The molecule has 0 aromatic carbocycles. The lowest BCUT2D eigenvalue weighted by Gasteiger charge is -2.22. The zero-order chi connectivity index (χ0) is 9.84. The highest BCUT2D eigenvalue weighted by atomic mass is 16.6. The quantitative estimate of drug-likeness (QED) is 0.583. The predicted octanol–water partition coefficient (Wildman–Crippen LogP) is 0.388. The van der Waals surface area contributed by atoms with E-state index in [2.05, 4.69) is 6.58 Å². The first kappa shape index (κ1) is 9.57. The number of ether oxygens (including phenoxy) is 1. The molecule has 5 nitrogen and oxygen atoms in total. The number of nitrogens with zero attached hydrogens (tertiary/aromatic N) is 2. The van der Waals surface area contributed by atoms with E-state index >= 15 is 0 Å². The van der Waals surface area contributed by atoms with E-state index in [0.717, 1.165) is 0 Å². The van der Waals surface area contributed by atoms with E-state index in [1.807, 2.05) is 0 Å². The molecule has 0 bridgehead atoms. The van der Waals surface area contributed by atoms with Gasteiger partial charge < -0.3 is 4.74 Å². The van der Waals surface area contributed by atoms with E-state index < -0.39 is 6.09 Å². The molecule has 72 valence electrons. The van der Waals surface area contributed by atoms with Crippen LogP contribution in [0.2, 0.25) is 0 Å². The van der Waals surface area contributed by atoms with Crippen LogP contribution in [0, 0.1) is 0 Å². The molecule has 1 aliphatic heterocycles. The third-order valence-corrected chi connectivity index (χ3v) is 1.80. The van der Waals surface area contributed by atoms with Crippen molar-refractivity contribution in [3.8, 4) is 0 Å². The van der Waals surface area contributed by atoms with E-state index in [9.17, 15) is 9.59 Å². The fourth-order valence-corrected chi connectivity index (χ4v) is 1.07. The Kier molecular flexibility index (Phi) is 2.89. The third kappa shape index (κ3) is 1.99. The molecule has 0 aliphatic carbocycles. The second-order valence-corrected chi connectivity index (χ2v) is 2.66. The fourth-order valence-electron chi connectivity index (χ4n) is 1.07. The van der Waals surface area contributed by atoms with Crippen molar-refractivity contribution in [3.05, 3.63) is 12.7 Å². The number of carbonyl (C=O) groups is 2. The van der Waals surface area contributed by atoms with Crippen LogP contribution in [0.4, 0.5) is 4.79 Å². The van der Waals surface area contributed by atoms with Gasteiger partial charge in [0.2, 0.25) is 5.91 Å². The average molecular weight is 184 g/mol. The van der Waals surface area contributed by atoms with Crippen LogP contribution in [0.5, 0.6) is 0 Å². The molecule has 1 rings (SSSR count). The van der Waals surface area contributed by atoms with Crippen molar-refractivity contribution in [3.63, 3.8) is 0 Å². The van der Waals surface area contributed by atoms with Gasteiger partial charge in [-0.05, 0) is 0 Å². The molecule has 0 saturated carbocycles. The van der Waals surface area contributed by atoms with Gasteiger partial charge in [-0.2, -0.15) is 0 Å². The fraction of sp³-hybridized carbons (Fsp3) is 0.500. The molecule has 5 heteroatoms. The van der Waals surface area contributed by atoms with E-state index in [1.54, 1.807) is 7.05 Å². The van der Waals surface area contributed by atoms with Crippen LogP contribution in [0.25, 0.3) is 0 Å².